The summed E-state index contributed by atoms with van der Waals surface area (Å²) in [7, 11) is 0. The minimum Gasteiger partial charge on any atom is -0.393 e. The van der Waals surface area contributed by atoms with Gasteiger partial charge in [0.1, 0.15) is 0 Å². The summed E-state index contributed by atoms with van der Waals surface area (Å²) in [4.78, 5) is 0. The molecule has 0 amide bonds. The topological polar surface area (TPSA) is 40.5 Å². The van der Waals surface area contributed by atoms with Crippen LogP contribution in [0.25, 0.3) is 0 Å². The Hall–Kier alpha value is -0.0800. The first-order chi connectivity index (χ1) is 10.3. The van der Waals surface area contributed by atoms with Gasteiger partial charge in [-0.15, -0.1) is 0 Å². The van der Waals surface area contributed by atoms with Crippen molar-refractivity contribution in [3.63, 3.8) is 0 Å². The van der Waals surface area contributed by atoms with Crippen LogP contribution in [0.2, 0.25) is 0 Å². The maximum Gasteiger partial charge on any atom is 0.0905 e. The smallest absolute Gasteiger partial charge is 0.0905 e. The normalized spacial score (nSPS) is 56.3. The molecule has 2 bridgehead atoms. The molecule has 2 nitrogen and oxygen atoms in total. The van der Waals surface area contributed by atoms with Crippen molar-refractivity contribution in [3.05, 3.63) is 0 Å². The molecule has 2 N–H and O–H groups in total. The highest BCUT2D eigenvalue weighted by atomic mass is 16.3. The van der Waals surface area contributed by atoms with Gasteiger partial charge in [0.2, 0.25) is 0 Å². The van der Waals surface area contributed by atoms with Crippen LogP contribution in [0.15, 0.2) is 0 Å². The van der Waals surface area contributed by atoms with Crippen LogP contribution in [-0.4, -0.2) is 22.4 Å². The molecule has 4 aliphatic rings. The Labute approximate surface area is 135 Å². The second-order valence-corrected chi connectivity index (χ2v) is 10.1. The fourth-order valence-electron chi connectivity index (χ4n) is 8.00. The number of rotatable bonds is 1. The third kappa shape index (κ3) is 1.69. The average molecular weight is 306 g/mol. The molecule has 4 aliphatic carbocycles. The van der Waals surface area contributed by atoms with Crippen LogP contribution in [0.5, 0.6) is 0 Å². The van der Waals surface area contributed by atoms with E-state index >= 15 is 0 Å². The molecule has 4 fully saturated rings. The third-order valence-corrected chi connectivity index (χ3v) is 9.17. The molecule has 2 heteroatoms. The molecule has 4 rings (SSSR count). The molecule has 0 aromatic rings. The van der Waals surface area contributed by atoms with Crippen molar-refractivity contribution >= 4 is 0 Å². The first-order valence-corrected chi connectivity index (χ1v) is 9.61. The lowest BCUT2D eigenvalue weighted by molar-refractivity contribution is -0.177. The number of hydrogen-bond donors (Lipinski definition) is 2. The molecule has 22 heavy (non-hydrogen) atoms. The van der Waals surface area contributed by atoms with Crippen molar-refractivity contribution in [2.45, 2.75) is 84.2 Å². The molecule has 4 saturated carbocycles. The van der Waals surface area contributed by atoms with Crippen molar-refractivity contribution in [2.24, 2.45) is 34.0 Å². The molecule has 6 atom stereocenters. The van der Waals surface area contributed by atoms with Gasteiger partial charge < -0.3 is 10.2 Å². The Bertz CT molecular complexity index is 472. The van der Waals surface area contributed by atoms with Crippen LogP contribution in [0, 0.1) is 34.0 Å². The predicted octanol–water partition coefficient (Wildman–Crippen LogP) is 4.14. The molecular weight excluding hydrogens is 272 g/mol. The lowest BCUT2D eigenvalue weighted by atomic mass is 9.40. The minimum absolute atomic E-state index is 0.0356. The second-order valence-electron chi connectivity index (χ2n) is 10.1. The molecule has 0 aromatic carbocycles. The summed E-state index contributed by atoms with van der Waals surface area (Å²) < 4.78 is 0. The van der Waals surface area contributed by atoms with E-state index in [0.29, 0.717) is 22.2 Å². The quantitative estimate of drug-likeness (QED) is 0.764. The van der Waals surface area contributed by atoms with Crippen LogP contribution < -0.4 is 0 Å². The highest BCUT2D eigenvalue weighted by Crippen LogP contribution is 2.75. The zero-order valence-electron chi connectivity index (χ0n) is 14.7. The highest BCUT2D eigenvalue weighted by Gasteiger charge is 2.68. The van der Waals surface area contributed by atoms with Crippen molar-refractivity contribution in [2.75, 3.05) is 6.61 Å². The Morgan fingerprint density at radius 2 is 1.73 bits per heavy atom. The molecule has 0 radical (unpaired) electrons. The summed E-state index contributed by atoms with van der Waals surface area (Å²) in [5.41, 5.74) is 0.622. The molecule has 126 valence electrons. The number of fused-ring (bicyclic) bond motifs is 2. The standard InChI is InChI=1S/C20H34O2/c1-17(2)7-4-8-18(3)16(17)6-5-14-11-15-12-19(14,18)9-10-20(15,22)13-21/h14-16,21-22H,4-13H2,1-3H3/t14-,15-,16-,18-,19+,20-/m1/s1. The Morgan fingerprint density at radius 1 is 0.955 bits per heavy atom. The highest BCUT2D eigenvalue weighted by molar-refractivity contribution is 5.18. The zero-order valence-corrected chi connectivity index (χ0v) is 14.7. The zero-order chi connectivity index (χ0) is 15.8. The Kier molecular flexibility index (Phi) is 3.16. The van der Waals surface area contributed by atoms with Gasteiger partial charge in [-0.2, -0.15) is 0 Å². The van der Waals surface area contributed by atoms with E-state index in [4.69, 9.17) is 0 Å². The SMILES string of the molecule is CC1(C)CCC[C@]2(C)[C@@H]1CC[C@@H]1C[C@@H]3C[C@@]12CC[C@@]3(O)CO. The molecule has 0 saturated heterocycles. The van der Waals surface area contributed by atoms with Gasteiger partial charge in [-0.05, 0) is 85.4 Å². The van der Waals surface area contributed by atoms with Gasteiger partial charge in [0, 0.05) is 0 Å². The summed E-state index contributed by atoms with van der Waals surface area (Å²) >= 11 is 0. The van der Waals surface area contributed by atoms with Gasteiger partial charge in [-0.1, -0.05) is 27.2 Å². The summed E-state index contributed by atoms with van der Waals surface area (Å²) in [5, 5.41) is 20.6. The predicted molar refractivity (Wildman–Crippen MR) is 88.4 cm³/mol. The first kappa shape index (κ1) is 15.4. The van der Waals surface area contributed by atoms with E-state index in [1.54, 1.807) is 0 Å². The van der Waals surface area contributed by atoms with E-state index in [1.165, 1.54) is 44.9 Å². The van der Waals surface area contributed by atoms with Crippen molar-refractivity contribution in [1.29, 1.82) is 0 Å². The van der Waals surface area contributed by atoms with Crippen LogP contribution in [0.4, 0.5) is 0 Å². The third-order valence-electron chi connectivity index (χ3n) is 9.17. The number of hydrogen-bond acceptors (Lipinski definition) is 2. The van der Waals surface area contributed by atoms with E-state index in [0.717, 1.165) is 24.7 Å². The van der Waals surface area contributed by atoms with E-state index in [-0.39, 0.29) is 6.61 Å². The molecule has 0 unspecified atom stereocenters. The Balaban J connectivity index is 1.74. The van der Waals surface area contributed by atoms with Crippen molar-refractivity contribution in [1.82, 2.24) is 0 Å². The van der Waals surface area contributed by atoms with Gasteiger partial charge in [-0.3, -0.25) is 0 Å². The lowest BCUT2D eigenvalue weighted by Gasteiger charge is -2.65. The van der Waals surface area contributed by atoms with Crippen molar-refractivity contribution < 1.29 is 10.2 Å². The fourth-order valence-corrected chi connectivity index (χ4v) is 8.00. The molecule has 1 spiro atoms. The van der Waals surface area contributed by atoms with Crippen LogP contribution >= 0.6 is 0 Å². The largest absolute Gasteiger partial charge is 0.393 e. The monoisotopic (exact) mass is 306 g/mol. The first-order valence-electron chi connectivity index (χ1n) is 9.61. The van der Waals surface area contributed by atoms with E-state index in [9.17, 15) is 10.2 Å². The van der Waals surface area contributed by atoms with Crippen molar-refractivity contribution in [3.8, 4) is 0 Å². The molecular formula is C20H34O2. The average Bonchev–Trinajstić information content (AvgIpc) is 2.80. The summed E-state index contributed by atoms with van der Waals surface area (Å²) in [6.07, 6.45) is 11.2. The van der Waals surface area contributed by atoms with Gasteiger partial charge in [0.25, 0.3) is 0 Å². The minimum atomic E-state index is -0.779. The van der Waals surface area contributed by atoms with E-state index < -0.39 is 5.60 Å². The number of aliphatic hydroxyl groups is 2. The fraction of sp³-hybridized carbons (Fsp3) is 1.00. The number of aliphatic hydroxyl groups excluding tert-OH is 1. The van der Waals surface area contributed by atoms with Gasteiger partial charge in [0.05, 0.1) is 12.2 Å². The van der Waals surface area contributed by atoms with E-state index in [1.807, 2.05) is 0 Å². The maximum absolute atomic E-state index is 10.8. The van der Waals surface area contributed by atoms with Gasteiger partial charge in [-0.25, -0.2) is 0 Å². The van der Waals surface area contributed by atoms with Crippen LogP contribution in [0.3, 0.4) is 0 Å². The lowest BCUT2D eigenvalue weighted by Crippen LogP contribution is -2.58. The van der Waals surface area contributed by atoms with Crippen LogP contribution in [-0.2, 0) is 0 Å². The van der Waals surface area contributed by atoms with Gasteiger partial charge >= 0.3 is 0 Å². The van der Waals surface area contributed by atoms with Gasteiger partial charge in [0.15, 0.2) is 0 Å². The van der Waals surface area contributed by atoms with E-state index in [2.05, 4.69) is 20.8 Å². The summed E-state index contributed by atoms with van der Waals surface area (Å²) in [6, 6.07) is 0. The maximum atomic E-state index is 10.8. The summed E-state index contributed by atoms with van der Waals surface area (Å²) in [5.74, 6) is 1.99. The molecule has 0 aromatic heterocycles. The summed E-state index contributed by atoms with van der Waals surface area (Å²) in [6.45, 7) is 7.58. The van der Waals surface area contributed by atoms with Crippen LogP contribution in [0.1, 0.15) is 78.6 Å². The molecule has 0 aliphatic heterocycles. The Morgan fingerprint density at radius 3 is 2.45 bits per heavy atom. The second kappa shape index (κ2) is 4.51. The molecule has 0 heterocycles.